The first-order valence-corrected chi connectivity index (χ1v) is 19.4. The number of pyridine rings is 1. The molecule has 2 unspecified atom stereocenters. The number of rotatable bonds is 11. The van der Waals surface area contributed by atoms with Gasteiger partial charge in [0.25, 0.3) is 17.7 Å². The first-order chi connectivity index (χ1) is 27.1. The average Bonchev–Trinajstić information content (AvgIpc) is 3.23. The van der Waals surface area contributed by atoms with Crippen LogP contribution in [0.2, 0.25) is 0 Å². The molecule has 13 heteroatoms. The topological polar surface area (TPSA) is 116 Å². The number of morpholine rings is 1. The second-order valence-electron chi connectivity index (χ2n) is 14.8. The molecule has 0 spiro atoms. The highest BCUT2D eigenvalue weighted by Crippen LogP contribution is 2.39. The molecule has 3 heterocycles. The van der Waals surface area contributed by atoms with E-state index >= 15 is 0 Å². The van der Waals surface area contributed by atoms with Gasteiger partial charge in [-0.25, -0.2) is 0 Å². The van der Waals surface area contributed by atoms with Gasteiger partial charge in [0, 0.05) is 80.0 Å². The Hall–Kier alpha value is -5.27. The molecule has 0 radical (unpaired) electrons. The number of nitrogens with one attached hydrogen (secondary N) is 3. The third kappa shape index (κ3) is 9.75. The zero-order chi connectivity index (χ0) is 39.1. The lowest BCUT2D eigenvalue weighted by Crippen LogP contribution is -2.41. The molecule has 10 nitrogen and oxygen atoms in total. The van der Waals surface area contributed by atoms with Crippen molar-refractivity contribution in [2.45, 2.75) is 44.8 Å². The smallest absolute Gasteiger partial charge is 0.379 e. The van der Waals surface area contributed by atoms with Gasteiger partial charge >= 0.3 is 6.18 Å². The molecule has 1 aliphatic carbocycles. The maximum Gasteiger partial charge on any atom is 0.416 e. The summed E-state index contributed by atoms with van der Waals surface area (Å²) in [6, 6.07) is 20.4. The van der Waals surface area contributed by atoms with E-state index in [2.05, 4.69) is 30.7 Å². The van der Waals surface area contributed by atoms with E-state index in [1.165, 1.54) is 44.0 Å². The lowest BCUT2D eigenvalue weighted by molar-refractivity contribution is -0.137. The minimum Gasteiger partial charge on any atom is -0.379 e. The average molecular weight is 769 g/mol. The summed E-state index contributed by atoms with van der Waals surface area (Å²) in [4.78, 5) is 49.4. The molecule has 56 heavy (non-hydrogen) atoms. The van der Waals surface area contributed by atoms with Crippen LogP contribution in [-0.4, -0.2) is 80.1 Å². The van der Waals surface area contributed by atoms with Crippen molar-refractivity contribution >= 4 is 29.1 Å². The Balaban J connectivity index is 1.10. The fourth-order valence-electron chi connectivity index (χ4n) is 8.00. The molecular formula is C43H47F3N6O4. The SMILES string of the molecule is O=C(NCCN1CCOCC1)c1cccc(C(=O)Nc2ccc(N3CCC4CCCCC4C3)cc2-c2cc(C(=O)NCc3cccc(C(F)(F)F)c3)ccn2)c1. The fourth-order valence-corrected chi connectivity index (χ4v) is 8.00. The van der Waals surface area contributed by atoms with Gasteiger partial charge in [-0.3, -0.25) is 24.3 Å². The number of hydrogen-bond donors (Lipinski definition) is 3. The molecule has 3 aliphatic rings. The fraction of sp³-hybridized carbons (Fsp3) is 0.395. The molecule has 2 atom stereocenters. The minimum absolute atomic E-state index is 0.0979. The van der Waals surface area contributed by atoms with Crippen molar-refractivity contribution < 1.29 is 32.3 Å². The predicted molar refractivity (Wildman–Crippen MR) is 209 cm³/mol. The Kier molecular flexibility index (Phi) is 12.3. The molecular weight excluding hydrogens is 722 g/mol. The van der Waals surface area contributed by atoms with Gasteiger partial charge < -0.3 is 25.6 Å². The number of halogens is 3. The van der Waals surface area contributed by atoms with E-state index in [1.54, 1.807) is 36.4 Å². The normalized spacial score (nSPS) is 18.8. The molecule has 7 rings (SSSR count). The number of hydrogen-bond acceptors (Lipinski definition) is 7. The second-order valence-corrected chi connectivity index (χ2v) is 14.8. The van der Waals surface area contributed by atoms with Crippen molar-refractivity contribution in [1.82, 2.24) is 20.5 Å². The number of alkyl halides is 3. The molecule has 3 aromatic carbocycles. The molecule has 1 saturated carbocycles. The lowest BCUT2D eigenvalue weighted by Gasteiger charge is -2.42. The number of ether oxygens (including phenoxy) is 1. The molecule has 1 aromatic heterocycles. The van der Waals surface area contributed by atoms with Crippen molar-refractivity contribution in [2.75, 3.05) is 62.7 Å². The number of carbonyl (C=O) groups excluding carboxylic acids is 3. The predicted octanol–water partition coefficient (Wildman–Crippen LogP) is 7.03. The Labute approximate surface area is 324 Å². The zero-order valence-corrected chi connectivity index (χ0v) is 31.2. The Morgan fingerprint density at radius 3 is 2.30 bits per heavy atom. The molecule has 3 N–H and O–H groups in total. The third-order valence-electron chi connectivity index (χ3n) is 11.1. The van der Waals surface area contributed by atoms with E-state index in [9.17, 15) is 27.6 Å². The van der Waals surface area contributed by atoms with E-state index < -0.39 is 23.6 Å². The quantitative estimate of drug-likeness (QED) is 0.150. The van der Waals surface area contributed by atoms with Gasteiger partial charge in [0.15, 0.2) is 0 Å². The van der Waals surface area contributed by atoms with Gasteiger partial charge in [-0.1, -0.05) is 37.5 Å². The standard InChI is InChI=1S/C43H47F3N6O4/c44-43(45,46)35-10-3-5-29(23-35)27-49-41(54)33-13-15-47-39(25-33)37-26-36(52-17-14-30-6-1-2-7-34(30)28-52)11-12-38(37)50-42(55)32-9-4-8-31(24-32)40(53)48-16-18-51-19-21-56-22-20-51/h3-5,8-13,15,23-26,30,34H,1-2,6-7,14,16-22,27-28H2,(H,48,53)(H,49,54)(H,50,55). The number of carbonyl (C=O) groups is 3. The van der Waals surface area contributed by atoms with Crippen molar-refractivity contribution in [2.24, 2.45) is 11.8 Å². The van der Waals surface area contributed by atoms with Gasteiger partial charge in [0.1, 0.15) is 0 Å². The Bertz CT molecular complexity index is 2030. The number of benzene rings is 3. The number of amides is 3. The summed E-state index contributed by atoms with van der Waals surface area (Å²) >= 11 is 0. The maximum atomic E-state index is 13.8. The van der Waals surface area contributed by atoms with E-state index in [4.69, 9.17) is 4.74 Å². The number of fused-ring (bicyclic) bond motifs is 1. The highest BCUT2D eigenvalue weighted by molar-refractivity contribution is 6.08. The van der Waals surface area contributed by atoms with E-state index in [1.807, 2.05) is 18.2 Å². The first kappa shape index (κ1) is 39.0. The van der Waals surface area contributed by atoms with Crippen molar-refractivity contribution in [3.8, 4) is 11.3 Å². The Morgan fingerprint density at radius 1 is 0.768 bits per heavy atom. The van der Waals surface area contributed by atoms with E-state index in [0.717, 1.165) is 56.3 Å². The van der Waals surface area contributed by atoms with Gasteiger partial charge in [-0.05, 0) is 90.9 Å². The van der Waals surface area contributed by atoms with Crippen LogP contribution in [0.3, 0.4) is 0 Å². The summed E-state index contributed by atoms with van der Waals surface area (Å²) in [5, 5.41) is 8.69. The molecule has 3 amide bonds. The number of piperidine rings is 1. The molecule has 0 bridgehead atoms. The minimum atomic E-state index is -4.49. The van der Waals surface area contributed by atoms with Crippen LogP contribution in [0.5, 0.6) is 0 Å². The number of aromatic nitrogens is 1. The van der Waals surface area contributed by atoms with Crippen LogP contribution in [0.1, 0.15) is 74.3 Å². The molecule has 2 saturated heterocycles. The lowest BCUT2D eigenvalue weighted by atomic mass is 9.75. The second kappa shape index (κ2) is 17.7. The van der Waals surface area contributed by atoms with Crippen LogP contribution in [0.4, 0.5) is 24.5 Å². The van der Waals surface area contributed by atoms with Gasteiger partial charge in [-0.2, -0.15) is 13.2 Å². The molecule has 3 fully saturated rings. The molecule has 294 valence electrons. The summed E-state index contributed by atoms with van der Waals surface area (Å²) in [5.41, 5.74) is 2.96. The van der Waals surface area contributed by atoms with E-state index in [0.29, 0.717) is 65.9 Å². The highest BCUT2D eigenvalue weighted by Gasteiger charge is 2.32. The number of nitrogens with zero attached hydrogens (tertiary/aromatic N) is 3. The van der Waals surface area contributed by atoms with Gasteiger partial charge in [0.05, 0.1) is 30.2 Å². The first-order valence-electron chi connectivity index (χ1n) is 19.4. The van der Waals surface area contributed by atoms with Gasteiger partial charge in [-0.15, -0.1) is 0 Å². The van der Waals surface area contributed by atoms with Crippen molar-refractivity contribution in [1.29, 1.82) is 0 Å². The largest absolute Gasteiger partial charge is 0.416 e. The third-order valence-corrected chi connectivity index (χ3v) is 11.1. The van der Waals surface area contributed by atoms with Gasteiger partial charge in [0.2, 0.25) is 0 Å². The van der Waals surface area contributed by atoms with E-state index in [-0.39, 0.29) is 18.0 Å². The van der Waals surface area contributed by atoms with Crippen LogP contribution in [-0.2, 0) is 17.5 Å². The summed E-state index contributed by atoms with van der Waals surface area (Å²) in [6.07, 6.45) is 3.16. The zero-order valence-electron chi connectivity index (χ0n) is 31.2. The molecule has 4 aromatic rings. The monoisotopic (exact) mass is 768 g/mol. The van der Waals surface area contributed by atoms with Crippen LogP contribution < -0.4 is 20.9 Å². The molecule has 2 aliphatic heterocycles. The summed E-state index contributed by atoms with van der Waals surface area (Å²) < 4.78 is 45.2. The van der Waals surface area contributed by atoms with Crippen LogP contribution in [0, 0.1) is 11.8 Å². The summed E-state index contributed by atoms with van der Waals surface area (Å²) in [5.74, 6) is 0.207. The maximum absolute atomic E-state index is 13.8. The Morgan fingerprint density at radius 2 is 1.50 bits per heavy atom. The van der Waals surface area contributed by atoms with Crippen molar-refractivity contribution in [3.63, 3.8) is 0 Å². The van der Waals surface area contributed by atoms with Crippen LogP contribution in [0.15, 0.2) is 85.1 Å². The van der Waals surface area contributed by atoms with Crippen molar-refractivity contribution in [3.05, 3.63) is 113 Å². The summed E-state index contributed by atoms with van der Waals surface area (Å²) in [7, 11) is 0. The summed E-state index contributed by atoms with van der Waals surface area (Å²) in [6.45, 7) is 5.95. The highest BCUT2D eigenvalue weighted by atomic mass is 19.4. The number of anilines is 2. The van der Waals surface area contributed by atoms with Crippen LogP contribution >= 0.6 is 0 Å². The van der Waals surface area contributed by atoms with Crippen LogP contribution in [0.25, 0.3) is 11.3 Å².